The molecule has 0 aliphatic carbocycles. The highest BCUT2D eigenvalue weighted by molar-refractivity contribution is 6.61. The molecule has 1 aliphatic rings. The van der Waals surface area contributed by atoms with Crippen molar-refractivity contribution >= 4 is 30.2 Å². The lowest BCUT2D eigenvalue weighted by molar-refractivity contribution is -0.123. The number of amides is 2. The summed E-state index contributed by atoms with van der Waals surface area (Å²) in [7, 11) is -1.28. The summed E-state index contributed by atoms with van der Waals surface area (Å²) in [4.78, 5) is 35.1. The van der Waals surface area contributed by atoms with E-state index in [0.717, 1.165) is 6.07 Å². The molecule has 5 N–H and O–H groups in total. The predicted molar refractivity (Wildman–Crippen MR) is 92.0 cm³/mol. The van der Waals surface area contributed by atoms with Crippen LogP contribution in [0.5, 0.6) is 0 Å². The molecule has 0 fully saturated rings. The maximum atomic E-state index is 14.0. The number of carbonyl (C=O) groups is 3. The molecule has 10 heteroatoms. The minimum Gasteiger partial charge on any atom is -0.423 e. The Morgan fingerprint density at radius 2 is 2.12 bits per heavy atom. The van der Waals surface area contributed by atoms with E-state index in [1.807, 2.05) is 0 Å². The quantitative estimate of drug-likeness (QED) is 0.439. The van der Waals surface area contributed by atoms with E-state index in [0.29, 0.717) is 0 Å². The molecule has 1 aliphatic heterocycles. The van der Waals surface area contributed by atoms with E-state index in [1.165, 1.54) is 19.9 Å². The van der Waals surface area contributed by atoms with Gasteiger partial charge in [0.05, 0.1) is 12.6 Å². The van der Waals surface area contributed by atoms with Crippen molar-refractivity contribution in [3.05, 3.63) is 29.1 Å². The molecule has 0 spiro atoms. The smallest absolute Gasteiger partial charge is 0.423 e. The van der Waals surface area contributed by atoms with Crippen LogP contribution in [0.3, 0.4) is 0 Å². The molecule has 2 atom stereocenters. The third-order valence-corrected chi connectivity index (χ3v) is 4.12. The number of nitrogens with two attached hydrogens (primary N) is 1. The van der Waals surface area contributed by atoms with Gasteiger partial charge in [-0.25, -0.2) is 4.39 Å². The van der Waals surface area contributed by atoms with Crippen LogP contribution in [0.4, 0.5) is 4.39 Å². The van der Waals surface area contributed by atoms with Crippen molar-refractivity contribution < 1.29 is 28.5 Å². The first-order valence-corrected chi connectivity index (χ1v) is 8.16. The van der Waals surface area contributed by atoms with E-state index in [-0.39, 0.29) is 41.9 Å². The van der Waals surface area contributed by atoms with Crippen LogP contribution in [0.2, 0.25) is 0 Å². The zero-order valence-corrected chi connectivity index (χ0v) is 14.5. The zero-order chi connectivity index (χ0) is 19.4. The third kappa shape index (κ3) is 4.66. The fourth-order valence-electron chi connectivity index (χ4n) is 2.50. The van der Waals surface area contributed by atoms with Gasteiger partial charge in [-0.1, -0.05) is 0 Å². The van der Waals surface area contributed by atoms with E-state index < -0.39 is 36.8 Å². The highest BCUT2D eigenvalue weighted by Gasteiger charge is 2.31. The maximum Gasteiger partial charge on any atom is 0.491 e. The summed E-state index contributed by atoms with van der Waals surface area (Å²) in [5.41, 5.74) is 6.20. The highest BCUT2D eigenvalue weighted by Crippen LogP contribution is 2.16. The number of hydrogen-bond donors (Lipinski definition) is 4. The Balaban J connectivity index is 1.98. The summed E-state index contributed by atoms with van der Waals surface area (Å²) >= 11 is 0. The number of Topliss-reactive ketones (excluding diaryl/α,β-unsaturated/α-hetero) is 1. The van der Waals surface area contributed by atoms with E-state index in [2.05, 4.69) is 10.6 Å². The lowest BCUT2D eigenvalue weighted by atomic mass is 9.78. The first kappa shape index (κ1) is 20.0. The molecular formula is C16H21BFN3O5. The Hall–Kier alpha value is -2.30. The monoisotopic (exact) mass is 365 g/mol. The molecule has 2 rings (SSSR count). The Morgan fingerprint density at radius 1 is 1.42 bits per heavy atom. The van der Waals surface area contributed by atoms with Crippen molar-refractivity contribution in [1.82, 2.24) is 10.6 Å². The number of carbonyl (C=O) groups excluding carboxylic acids is 3. The van der Waals surface area contributed by atoms with Crippen LogP contribution in [0.15, 0.2) is 12.1 Å². The van der Waals surface area contributed by atoms with Crippen LogP contribution in [0.25, 0.3) is 0 Å². The lowest BCUT2D eigenvalue weighted by Crippen LogP contribution is -2.54. The van der Waals surface area contributed by atoms with E-state index in [1.54, 1.807) is 0 Å². The lowest BCUT2D eigenvalue weighted by Gasteiger charge is -2.21. The minimum atomic E-state index is -1.28. The Labute approximate surface area is 150 Å². The molecular weight excluding hydrogens is 344 g/mol. The second kappa shape index (κ2) is 8.39. The molecule has 26 heavy (non-hydrogen) atoms. The first-order chi connectivity index (χ1) is 12.2. The van der Waals surface area contributed by atoms with Crippen molar-refractivity contribution in [3.8, 4) is 0 Å². The van der Waals surface area contributed by atoms with Crippen LogP contribution >= 0.6 is 0 Å². The molecule has 0 saturated heterocycles. The standard InChI is InChI=1S/C16H21BFN3O5/c1-8(22)3-4-20-16(24)14(19)9(2)21-15(23)10-5-12-11(13(18)6-10)7-26-17(12)25/h5-6,9,14,25H,3-4,7,19H2,1-2H3,(H,20,24)(H,21,23)/t9-,14-/m0/s1. The van der Waals surface area contributed by atoms with Crippen LogP contribution in [0, 0.1) is 5.82 Å². The Morgan fingerprint density at radius 3 is 2.77 bits per heavy atom. The van der Waals surface area contributed by atoms with Gasteiger partial charge in [-0.15, -0.1) is 0 Å². The largest absolute Gasteiger partial charge is 0.491 e. The number of halogens is 1. The van der Waals surface area contributed by atoms with Crippen LogP contribution < -0.4 is 21.8 Å². The van der Waals surface area contributed by atoms with Gasteiger partial charge >= 0.3 is 7.12 Å². The summed E-state index contributed by atoms with van der Waals surface area (Å²) in [6.45, 7) is 3.05. The molecule has 140 valence electrons. The first-order valence-electron chi connectivity index (χ1n) is 8.16. The van der Waals surface area contributed by atoms with Gasteiger partial charge in [0.25, 0.3) is 5.91 Å². The topological polar surface area (TPSA) is 131 Å². The van der Waals surface area contributed by atoms with Crippen molar-refractivity contribution in [2.75, 3.05) is 6.54 Å². The average molecular weight is 365 g/mol. The fraction of sp³-hybridized carbons (Fsp3) is 0.438. The molecule has 1 aromatic rings. The van der Waals surface area contributed by atoms with Crippen LogP contribution in [0.1, 0.15) is 36.2 Å². The number of rotatable bonds is 7. The molecule has 1 heterocycles. The summed E-state index contributed by atoms with van der Waals surface area (Å²) in [5, 5.41) is 14.7. The van der Waals surface area contributed by atoms with Gasteiger partial charge in [0, 0.05) is 24.1 Å². The SMILES string of the molecule is CC(=O)CCNC(=O)[C@@H](N)[C@H](C)NC(=O)c1cc(F)c2c(c1)B(O)OC2. The van der Waals surface area contributed by atoms with E-state index in [4.69, 9.17) is 10.4 Å². The molecule has 0 bridgehead atoms. The van der Waals surface area contributed by atoms with Crippen molar-refractivity contribution in [3.63, 3.8) is 0 Å². The number of fused-ring (bicyclic) bond motifs is 1. The second-order valence-corrected chi connectivity index (χ2v) is 6.22. The highest BCUT2D eigenvalue weighted by atomic mass is 19.1. The summed E-state index contributed by atoms with van der Waals surface area (Å²) in [5.74, 6) is -1.86. The van der Waals surface area contributed by atoms with Gasteiger partial charge in [0.2, 0.25) is 5.91 Å². The van der Waals surface area contributed by atoms with Gasteiger partial charge in [-0.3, -0.25) is 14.4 Å². The summed E-state index contributed by atoms with van der Waals surface area (Å²) in [6.07, 6.45) is 0.192. The number of nitrogens with one attached hydrogen (secondary N) is 2. The van der Waals surface area contributed by atoms with Gasteiger partial charge < -0.3 is 26.0 Å². The molecule has 8 nitrogen and oxygen atoms in total. The average Bonchev–Trinajstić information content (AvgIpc) is 2.95. The van der Waals surface area contributed by atoms with Crippen molar-refractivity contribution in [2.24, 2.45) is 5.73 Å². The van der Waals surface area contributed by atoms with Crippen LogP contribution in [-0.2, 0) is 20.9 Å². The van der Waals surface area contributed by atoms with Crippen molar-refractivity contribution in [1.29, 1.82) is 0 Å². The van der Waals surface area contributed by atoms with Gasteiger partial charge in [-0.05, 0) is 31.4 Å². The number of benzene rings is 1. The molecule has 2 amide bonds. The maximum absolute atomic E-state index is 14.0. The van der Waals surface area contributed by atoms with Gasteiger partial charge in [0.15, 0.2) is 0 Å². The van der Waals surface area contributed by atoms with Crippen LogP contribution in [-0.4, -0.2) is 48.4 Å². The summed E-state index contributed by atoms with van der Waals surface area (Å²) < 4.78 is 19.0. The minimum absolute atomic E-state index is 0.0122. The van der Waals surface area contributed by atoms with E-state index >= 15 is 0 Å². The molecule has 0 radical (unpaired) electrons. The second-order valence-electron chi connectivity index (χ2n) is 6.22. The molecule has 0 unspecified atom stereocenters. The predicted octanol–water partition coefficient (Wildman–Crippen LogP) is -1.42. The third-order valence-electron chi connectivity index (χ3n) is 4.12. The van der Waals surface area contributed by atoms with E-state index in [9.17, 15) is 23.8 Å². The molecule has 1 aromatic carbocycles. The fourth-order valence-corrected chi connectivity index (χ4v) is 2.50. The molecule has 0 aromatic heterocycles. The number of ketones is 1. The van der Waals surface area contributed by atoms with Crippen molar-refractivity contribution in [2.45, 2.75) is 39.0 Å². The van der Waals surface area contributed by atoms with Gasteiger partial charge in [-0.2, -0.15) is 0 Å². The zero-order valence-electron chi connectivity index (χ0n) is 14.5. The normalized spacial score (nSPS) is 15.2. The number of hydrogen-bond acceptors (Lipinski definition) is 6. The van der Waals surface area contributed by atoms with Gasteiger partial charge in [0.1, 0.15) is 17.6 Å². The summed E-state index contributed by atoms with van der Waals surface area (Å²) in [6, 6.07) is 0.605. The Bertz CT molecular complexity index is 730. The Kier molecular flexibility index (Phi) is 6.46. The molecule has 0 saturated carbocycles.